The molecule has 2 saturated heterocycles. The van der Waals surface area contributed by atoms with Crippen molar-refractivity contribution in [1.29, 1.82) is 0 Å². The van der Waals surface area contributed by atoms with Gasteiger partial charge in [0.25, 0.3) is 5.91 Å². The molecule has 0 N–H and O–H groups in total. The predicted octanol–water partition coefficient (Wildman–Crippen LogP) is 0.771. The first-order chi connectivity index (χ1) is 11.3. The lowest BCUT2D eigenvalue weighted by Crippen LogP contribution is -2.48. The highest BCUT2D eigenvalue weighted by atomic mass is 16.2. The van der Waals surface area contributed by atoms with E-state index in [1.54, 1.807) is 15.9 Å². The third kappa shape index (κ3) is 3.78. The van der Waals surface area contributed by atoms with Crippen LogP contribution in [-0.2, 0) is 4.79 Å². The smallest absolute Gasteiger partial charge is 0.274 e. The molecule has 3 heterocycles. The first-order valence-electron chi connectivity index (χ1n) is 8.35. The first kappa shape index (κ1) is 15.7. The molecule has 2 aliphatic rings. The Morgan fingerprint density at radius 2 is 1.61 bits per heavy atom. The van der Waals surface area contributed by atoms with Gasteiger partial charge in [-0.1, -0.05) is 12.8 Å². The van der Waals surface area contributed by atoms with E-state index in [0.29, 0.717) is 31.9 Å². The van der Waals surface area contributed by atoms with Gasteiger partial charge in [-0.15, -0.1) is 10.2 Å². The van der Waals surface area contributed by atoms with Gasteiger partial charge in [-0.05, 0) is 25.0 Å². The number of hydrogen-bond acceptors (Lipinski definition) is 5. The average molecular weight is 317 g/mol. The van der Waals surface area contributed by atoms with Crippen molar-refractivity contribution >= 4 is 18.1 Å². The van der Waals surface area contributed by atoms with Crippen LogP contribution in [0.15, 0.2) is 12.1 Å². The summed E-state index contributed by atoms with van der Waals surface area (Å²) in [6, 6.07) is 3.66. The van der Waals surface area contributed by atoms with Crippen LogP contribution in [0.2, 0.25) is 0 Å². The normalized spacial score (nSPS) is 19.4. The summed E-state index contributed by atoms with van der Waals surface area (Å²) in [6.45, 7) is 4.27. The zero-order valence-corrected chi connectivity index (χ0v) is 13.4. The fourth-order valence-corrected chi connectivity index (χ4v) is 3.10. The monoisotopic (exact) mass is 317 g/mol. The summed E-state index contributed by atoms with van der Waals surface area (Å²) >= 11 is 0. The van der Waals surface area contributed by atoms with Gasteiger partial charge < -0.3 is 14.7 Å². The lowest BCUT2D eigenvalue weighted by molar-refractivity contribution is -0.119. The second kappa shape index (κ2) is 7.39. The van der Waals surface area contributed by atoms with Gasteiger partial charge in [0, 0.05) is 39.3 Å². The largest absolute Gasteiger partial charge is 0.355 e. The van der Waals surface area contributed by atoms with E-state index in [0.717, 1.165) is 25.3 Å². The molecule has 3 rings (SSSR count). The van der Waals surface area contributed by atoms with Crippen molar-refractivity contribution in [3.63, 3.8) is 0 Å². The molecule has 7 nitrogen and oxygen atoms in total. The Balaban J connectivity index is 1.62. The van der Waals surface area contributed by atoms with Crippen LogP contribution >= 0.6 is 0 Å². The number of rotatable bonds is 3. The third-order valence-electron chi connectivity index (χ3n) is 4.55. The summed E-state index contributed by atoms with van der Waals surface area (Å²) in [5.41, 5.74) is 0.378. The highest BCUT2D eigenvalue weighted by Crippen LogP contribution is 2.17. The molecule has 1 aromatic rings. The molecular weight excluding hydrogens is 294 g/mol. The van der Waals surface area contributed by atoms with E-state index < -0.39 is 0 Å². The molecule has 2 aliphatic heterocycles. The Kier molecular flexibility index (Phi) is 5.05. The lowest BCUT2D eigenvalue weighted by Gasteiger charge is -2.32. The van der Waals surface area contributed by atoms with Gasteiger partial charge in [0.2, 0.25) is 6.41 Å². The summed E-state index contributed by atoms with van der Waals surface area (Å²) in [6.07, 6.45) is 5.74. The maximum Gasteiger partial charge on any atom is 0.274 e. The van der Waals surface area contributed by atoms with E-state index in [2.05, 4.69) is 15.1 Å². The predicted molar refractivity (Wildman–Crippen MR) is 86.3 cm³/mol. The van der Waals surface area contributed by atoms with Crippen molar-refractivity contribution in [1.82, 2.24) is 20.0 Å². The van der Waals surface area contributed by atoms with Crippen molar-refractivity contribution in [3.8, 4) is 0 Å². The number of carbonyl (C=O) groups is 2. The summed E-state index contributed by atoms with van der Waals surface area (Å²) < 4.78 is 0. The van der Waals surface area contributed by atoms with E-state index in [1.807, 2.05) is 6.07 Å². The molecule has 0 aliphatic carbocycles. The molecule has 7 heteroatoms. The Morgan fingerprint density at radius 1 is 0.913 bits per heavy atom. The van der Waals surface area contributed by atoms with E-state index in [9.17, 15) is 9.59 Å². The Morgan fingerprint density at radius 3 is 2.17 bits per heavy atom. The molecule has 0 atom stereocenters. The number of carbonyl (C=O) groups excluding carboxylic acids is 2. The van der Waals surface area contributed by atoms with Gasteiger partial charge in [0.15, 0.2) is 11.5 Å². The summed E-state index contributed by atoms with van der Waals surface area (Å²) in [7, 11) is 0. The molecule has 0 unspecified atom stereocenters. The van der Waals surface area contributed by atoms with Crippen molar-refractivity contribution in [2.75, 3.05) is 44.2 Å². The van der Waals surface area contributed by atoms with E-state index in [1.165, 1.54) is 25.7 Å². The van der Waals surface area contributed by atoms with Crippen LogP contribution < -0.4 is 4.90 Å². The molecule has 2 amide bonds. The van der Waals surface area contributed by atoms with Gasteiger partial charge in [-0.3, -0.25) is 9.59 Å². The maximum atomic E-state index is 12.4. The molecule has 0 aromatic carbocycles. The van der Waals surface area contributed by atoms with Crippen molar-refractivity contribution in [3.05, 3.63) is 17.8 Å². The topological polar surface area (TPSA) is 69.6 Å². The minimum absolute atomic E-state index is 0.106. The fourth-order valence-electron chi connectivity index (χ4n) is 3.10. The van der Waals surface area contributed by atoms with E-state index >= 15 is 0 Å². The van der Waals surface area contributed by atoms with Crippen molar-refractivity contribution in [2.45, 2.75) is 25.7 Å². The molecule has 0 saturated carbocycles. The average Bonchev–Trinajstić information content (AvgIpc) is 2.91. The third-order valence-corrected chi connectivity index (χ3v) is 4.55. The maximum absolute atomic E-state index is 12.4. The van der Waals surface area contributed by atoms with Crippen LogP contribution in [0.4, 0.5) is 5.82 Å². The number of nitrogens with zero attached hydrogens (tertiary/aromatic N) is 5. The molecule has 0 bridgehead atoms. The summed E-state index contributed by atoms with van der Waals surface area (Å²) in [5.74, 6) is 0.750. The number of piperazine rings is 1. The fraction of sp³-hybridized carbons (Fsp3) is 0.625. The number of amides is 2. The van der Waals surface area contributed by atoms with Crippen LogP contribution in [0.25, 0.3) is 0 Å². The molecule has 2 fully saturated rings. The molecule has 23 heavy (non-hydrogen) atoms. The standard InChI is InChI=1S/C16H23N5O2/c22-13-19-9-11-21(12-10-19)16(23)14-5-6-15(18-17-14)20-7-3-1-2-4-8-20/h5-6,13H,1-4,7-12H2. The molecule has 0 radical (unpaired) electrons. The lowest BCUT2D eigenvalue weighted by atomic mass is 10.2. The van der Waals surface area contributed by atoms with Crippen LogP contribution in [0.3, 0.4) is 0 Å². The quantitative estimate of drug-likeness (QED) is 0.770. The zero-order chi connectivity index (χ0) is 16.1. The van der Waals surface area contributed by atoms with E-state index in [4.69, 9.17) is 0 Å². The second-order valence-corrected chi connectivity index (χ2v) is 6.11. The first-order valence-corrected chi connectivity index (χ1v) is 8.35. The summed E-state index contributed by atoms with van der Waals surface area (Å²) in [4.78, 5) is 28.8. The minimum atomic E-state index is -0.106. The molecule has 1 aromatic heterocycles. The van der Waals surface area contributed by atoms with Gasteiger partial charge in [-0.2, -0.15) is 0 Å². The van der Waals surface area contributed by atoms with Crippen LogP contribution in [0, 0.1) is 0 Å². The summed E-state index contributed by atoms with van der Waals surface area (Å²) in [5, 5.41) is 8.39. The second-order valence-electron chi connectivity index (χ2n) is 6.11. The zero-order valence-electron chi connectivity index (χ0n) is 13.4. The number of anilines is 1. The van der Waals surface area contributed by atoms with Crippen molar-refractivity contribution in [2.24, 2.45) is 0 Å². The van der Waals surface area contributed by atoms with Crippen LogP contribution in [-0.4, -0.2) is 71.6 Å². The van der Waals surface area contributed by atoms with Crippen LogP contribution in [0.5, 0.6) is 0 Å². The van der Waals surface area contributed by atoms with Gasteiger partial charge in [-0.25, -0.2) is 0 Å². The molecule has 0 spiro atoms. The van der Waals surface area contributed by atoms with Gasteiger partial charge >= 0.3 is 0 Å². The minimum Gasteiger partial charge on any atom is -0.355 e. The SMILES string of the molecule is O=CN1CCN(C(=O)c2ccc(N3CCCCCC3)nn2)CC1. The Bertz CT molecular complexity index is 532. The highest BCUT2D eigenvalue weighted by Gasteiger charge is 2.23. The molecule has 124 valence electrons. The Hall–Kier alpha value is -2.18. The van der Waals surface area contributed by atoms with Crippen molar-refractivity contribution < 1.29 is 9.59 Å². The number of aromatic nitrogens is 2. The van der Waals surface area contributed by atoms with Gasteiger partial charge in [0.1, 0.15) is 0 Å². The molecular formula is C16H23N5O2. The number of hydrogen-bond donors (Lipinski definition) is 0. The van der Waals surface area contributed by atoms with Gasteiger partial charge in [0.05, 0.1) is 0 Å². The highest BCUT2D eigenvalue weighted by molar-refractivity contribution is 5.92. The van der Waals surface area contributed by atoms with E-state index in [-0.39, 0.29) is 5.91 Å². The van der Waals surface area contributed by atoms with Crippen LogP contribution in [0.1, 0.15) is 36.2 Å². The Labute approximate surface area is 136 Å².